The van der Waals surface area contributed by atoms with Gasteiger partial charge in [-0.05, 0) is 71.4 Å². The molecule has 8 rings (SSSR count). The second-order valence-electron chi connectivity index (χ2n) is 9.43. The summed E-state index contributed by atoms with van der Waals surface area (Å²) >= 11 is 3.74. The van der Waals surface area contributed by atoms with E-state index >= 15 is 0 Å². The number of thiophene rings is 2. The first-order chi connectivity index (χ1) is 18.3. The van der Waals surface area contributed by atoms with Gasteiger partial charge in [0.2, 0.25) is 0 Å². The number of anilines is 3. The second-order valence-corrected chi connectivity index (χ2v) is 11.6. The van der Waals surface area contributed by atoms with Crippen molar-refractivity contribution in [3.8, 4) is 0 Å². The monoisotopic (exact) mass is 507 g/mol. The molecule has 0 unspecified atom stereocenters. The summed E-state index contributed by atoms with van der Waals surface area (Å²) in [5, 5.41) is 7.88. The predicted molar refractivity (Wildman–Crippen MR) is 164 cm³/mol. The number of para-hydroxylation sites is 1. The Hall–Kier alpha value is -4.18. The fraction of sp³-hybridized carbons (Fsp3) is 0. The van der Waals surface area contributed by atoms with Gasteiger partial charge in [0.05, 0.1) is 0 Å². The predicted octanol–water partition coefficient (Wildman–Crippen LogP) is 11.0. The molecular weight excluding hydrogens is 487 g/mol. The van der Waals surface area contributed by atoms with E-state index in [4.69, 9.17) is 0 Å². The summed E-state index contributed by atoms with van der Waals surface area (Å²) in [5.74, 6) is 0. The van der Waals surface area contributed by atoms with Crippen molar-refractivity contribution >= 4 is 90.9 Å². The molecule has 174 valence electrons. The molecular formula is C34H21NS2. The zero-order valence-electron chi connectivity index (χ0n) is 19.9. The third kappa shape index (κ3) is 3.36. The molecule has 0 aliphatic rings. The number of rotatable bonds is 3. The van der Waals surface area contributed by atoms with Crippen LogP contribution in [-0.4, -0.2) is 0 Å². The Morgan fingerprint density at radius 2 is 0.946 bits per heavy atom. The number of hydrogen-bond acceptors (Lipinski definition) is 3. The number of nitrogens with zero attached hydrogens (tertiary/aromatic N) is 1. The maximum absolute atomic E-state index is 2.37. The first kappa shape index (κ1) is 21.0. The maximum atomic E-state index is 2.37. The maximum Gasteiger partial charge on any atom is 0.0476 e. The minimum Gasteiger partial charge on any atom is -0.310 e. The molecule has 0 N–H and O–H groups in total. The average Bonchev–Trinajstić information content (AvgIpc) is 3.50. The van der Waals surface area contributed by atoms with Gasteiger partial charge in [-0.15, -0.1) is 22.7 Å². The van der Waals surface area contributed by atoms with Crippen molar-refractivity contribution in [2.75, 3.05) is 4.90 Å². The lowest BCUT2D eigenvalue weighted by molar-refractivity contribution is 1.30. The van der Waals surface area contributed by atoms with Crippen molar-refractivity contribution in [3.63, 3.8) is 0 Å². The third-order valence-corrected chi connectivity index (χ3v) is 9.48. The molecule has 0 amide bonds. The van der Waals surface area contributed by atoms with Crippen molar-refractivity contribution < 1.29 is 0 Å². The quantitative estimate of drug-likeness (QED) is 0.230. The zero-order valence-corrected chi connectivity index (χ0v) is 21.5. The molecule has 37 heavy (non-hydrogen) atoms. The number of benzene rings is 6. The summed E-state index contributed by atoms with van der Waals surface area (Å²) in [5.41, 5.74) is 3.50. The van der Waals surface area contributed by atoms with Gasteiger partial charge in [-0.1, -0.05) is 66.7 Å². The molecule has 0 spiro atoms. The molecule has 6 aromatic carbocycles. The Kier molecular flexibility index (Phi) is 4.63. The first-order valence-corrected chi connectivity index (χ1v) is 14.1. The van der Waals surface area contributed by atoms with Gasteiger partial charge in [-0.3, -0.25) is 0 Å². The van der Waals surface area contributed by atoms with Crippen LogP contribution in [0.15, 0.2) is 127 Å². The molecule has 0 aliphatic carbocycles. The highest BCUT2D eigenvalue weighted by Crippen LogP contribution is 2.42. The summed E-state index contributed by atoms with van der Waals surface area (Å²) < 4.78 is 5.32. The van der Waals surface area contributed by atoms with Gasteiger partial charge < -0.3 is 4.90 Å². The zero-order chi connectivity index (χ0) is 24.3. The molecule has 0 radical (unpaired) electrons. The molecule has 8 aromatic rings. The van der Waals surface area contributed by atoms with Gasteiger partial charge in [0.15, 0.2) is 0 Å². The van der Waals surface area contributed by atoms with Crippen LogP contribution < -0.4 is 4.90 Å². The second kappa shape index (κ2) is 8.17. The molecule has 0 fully saturated rings. The van der Waals surface area contributed by atoms with E-state index in [0.29, 0.717) is 0 Å². The summed E-state index contributed by atoms with van der Waals surface area (Å²) in [4.78, 5) is 2.37. The molecule has 0 aliphatic heterocycles. The van der Waals surface area contributed by atoms with Crippen molar-refractivity contribution in [2.24, 2.45) is 0 Å². The van der Waals surface area contributed by atoms with Gasteiger partial charge >= 0.3 is 0 Å². The van der Waals surface area contributed by atoms with E-state index in [9.17, 15) is 0 Å². The van der Waals surface area contributed by atoms with Gasteiger partial charge in [-0.2, -0.15) is 0 Å². The Labute approximate surface area is 222 Å². The van der Waals surface area contributed by atoms with Crippen molar-refractivity contribution in [3.05, 3.63) is 127 Å². The van der Waals surface area contributed by atoms with Crippen LogP contribution in [0, 0.1) is 0 Å². The first-order valence-electron chi connectivity index (χ1n) is 12.4. The minimum absolute atomic E-state index is 1.16. The van der Waals surface area contributed by atoms with E-state index in [-0.39, 0.29) is 0 Å². The standard InChI is InChI=1S/C34H21NS2/c1-2-8-24(9-3-1)35(26-16-17-29-27-10-4-6-12-31(27)37-34(29)21-26)25-15-14-22-19-30-28-11-5-7-13-32(28)36-33(30)20-23(22)18-25/h1-21H. The molecule has 0 bridgehead atoms. The van der Waals surface area contributed by atoms with Crippen molar-refractivity contribution in [1.29, 1.82) is 0 Å². The number of fused-ring (bicyclic) bond motifs is 7. The smallest absolute Gasteiger partial charge is 0.0476 e. The van der Waals surface area contributed by atoms with E-state index in [1.165, 1.54) is 62.5 Å². The van der Waals surface area contributed by atoms with Crippen LogP contribution in [0.25, 0.3) is 51.1 Å². The summed E-state index contributed by atoms with van der Waals surface area (Å²) in [6, 6.07) is 46.5. The van der Waals surface area contributed by atoms with Gasteiger partial charge in [0.1, 0.15) is 0 Å². The number of hydrogen-bond donors (Lipinski definition) is 0. The van der Waals surface area contributed by atoms with E-state index in [0.717, 1.165) is 5.69 Å². The summed E-state index contributed by atoms with van der Waals surface area (Å²) in [6.45, 7) is 0. The highest BCUT2D eigenvalue weighted by atomic mass is 32.1. The van der Waals surface area contributed by atoms with E-state index in [1.807, 2.05) is 22.7 Å². The van der Waals surface area contributed by atoms with Crippen molar-refractivity contribution in [1.82, 2.24) is 0 Å². The average molecular weight is 508 g/mol. The highest BCUT2D eigenvalue weighted by molar-refractivity contribution is 7.26. The van der Waals surface area contributed by atoms with Crippen LogP contribution in [0.1, 0.15) is 0 Å². The summed E-state index contributed by atoms with van der Waals surface area (Å²) in [6.07, 6.45) is 0. The molecule has 3 heteroatoms. The molecule has 2 heterocycles. The van der Waals surface area contributed by atoms with Crippen LogP contribution in [0.3, 0.4) is 0 Å². The largest absolute Gasteiger partial charge is 0.310 e. The lowest BCUT2D eigenvalue weighted by Crippen LogP contribution is -2.09. The van der Waals surface area contributed by atoms with E-state index < -0.39 is 0 Å². The van der Waals surface area contributed by atoms with Crippen LogP contribution in [0.2, 0.25) is 0 Å². The van der Waals surface area contributed by atoms with Crippen LogP contribution >= 0.6 is 22.7 Å². The lowest BCUT2D eigenvalue weighted by atomic mass is 10.0. The summed E-state index contributed by atoms with van der Waals surface area (Å²) in [7, 11) is 0. The van der Waals surface area contributed by atoms with Crippen LogP contribution in [0.5, 0.6) is 0 Å². The fourth-order valence-corrected chi connectivity index (χ4v) is 7.75. The Morgan fingerprint density at radius 3 is 1.73 bits per heavy atom. The topological polar surface area (TPSA) is 3.24 Å². The van der Waals surface area contributed by atoms with E-state index in [2.05, 4.69) is 132 Å². The van der Waals surface area contributed by atoms with Crippen molar-refractivity contribution in [2.45, 2.75) is 0 Å². The fourth-order valence-electron chi connectivity index (χ4n) is 5.47. The molecule has 0 saturated carbocycles. The van der Waals surface area contributed by atoms with Gasteiger partial charge in [0.25, 0.3) is 0 Å². The third-order valence-electron chi connectivity index (χ3n) is 7.21. The Bertz CT molecular complexity index is 2100. The SMILES string of the molecule is c1ccc(N(c2ccc3cc4c(cc3c2)sc2ccccc24)c2ccc3c(c2)sc2ccccc23)cc1. The Morgan fingerprint density at radius 1 is 0.351 bits per heavy atom. The molecule has 0 atom stereocenters. The minimum atomic E-state index is 1.16. The Balaban J connectivity index is 1.33. The van der Waals surface area contributed by atoms with Crippen LogP contribution in [0.4, 0.5) is 17.1 Å². The molecule has 2 aromatic heterocycles. The van der Waals surface area contributed by atoms with Crippen LogP contribution in [-0.2, 0) is 0 Å². The molecule has 0 saturated heterocycles. The molecule has 1 nitrogen and oxygen atoms in total. The highest BCUT2D eigenvalue weighted by Gasteiger charge is 2.15. The lowest BCUT2D eigenvalue weighted by Gasteiger charge is -2.26. The van der Waals surface area contributed by atoms with Gasteiger partial charge in [0, 0.05) is 57.4 Å². The normalized spacial score (nSPS) is 11.8. The van der Waals surface area contributed by atoms with Gasteiger partial charge in [-0.25, -0.2) is 0 Å². The van der Waals surface area contributed by atoms with E-state index in [1.54, 1.807) is 0 Å².